The molecule has 1 atom stereocenters. The van der Waals surface area contributed by atoms with Crippen LogP contribution in [0.2, 0.25) is 0 Å². The molecule has 8 aromatic rings. The van der Waals surface area contributed by atoms with Crippen molar-refractivity contribution in [3.63, 3.8) is 0 Å². The van der Waals surface area contributed by atoms with Crippen LogP contribution in [0.4, 0.5) is 26.3 Å². The smallest absolute Gasteiger partial charge is 0.411 e. The maximum absolute atomic E-state index is 15.0. The molecule has 0 radical (unpaired) electrons. The van der Waals surface area contributed by atoms with Gasteiger partial charge < -0.3 is 18.9 Å². The second-order valence-corrected chi connectivity index (χ2v) is 17.9. The second-order valence-electron chi connectivity index (χ2n) is 17.9. The van der Waals surface area contributed by atoms with Crippen LogP contribution in [0.1, 0.15) is 89.3 Å². The highest BCUT2D eigenvalue weighted by molar-refractivity contribution is 6.11. The van der Waals surface area contributed by atoms with Crippen LogP contribution in [0.25, 0.3) is 11.1 Å². The zero-order valence-electron chi connectivity index (χ0n) is 39.9. The fourth-order valence-corrected chi connectivity index (χ4v) is 8.84. The maximum Gasteiger partial charge on any atom is 0.411 e. The van der Waals surface area contributed by atoms with Crippen molar-refractivity contribution in [1.29, 1.82) is 0 Å². The van der Waals surface area contributed by atoms with Gasteiger partial charge in [-0.05, 0) is 158 Å². The first-order chi connectivity index (χ1) is 35.5. The SMILES string of the molecule is Cc1ccc(C(=O)c2ccc(Oc3ccc(C(c4ccc(Oc5ccc(C(=O)c6ccc(-c7ccc(C)c(C(=O)c8ccc(OC9CCCCO9)cc8)c7)cc6)cc5)cc4)(C(F)(F)F)C(F)(F)F)cc3)cc2)cc1. The van der Waals surface area contributed by atoms with Gasteiger partial charge in [0.05, 0.1) is 6.61 Å². The lowest BCUT2D eigenvalue weighted by atomic mass is 9.73. The molecule has 1 fully saturated rings. The molecule has 9 rings (SSSR count). The summed E-state index contributed by atoms with van der Waals surface area (Å²) in [6.45, 7) is 4.42. The summed E-state index contributed by atoms with van der Waals surface area (Å²) in [5.41, 5.74) is -0.711. The molecule has 1 aliphatic heterocycles. The quantitative estimate of drug-likeness (QED) is 0.0747. The van der Waals surface area contributed by atoms with Crippen molar-refractivity contribution in [2.75, 3.05) is 6.61 Å². The van der Waals surface area contributed by atoms with Crippen molar-refractivity contribution in [2.45, 2.75) is 57.2 Å². The van der Waals surface area contributed by atoms with Crippen LogP contribution in [-0.4, -0.2) is 42.6 Å². The van der Waals surface area contributed by atoms with Crippen LogP contribution < -0.4 is 14.2 Å². The standard InChI is InChI=1S/C61H46F6O7/c1-38-6-9-41(10-7-38)56(68)43-16-26-49(27-17-43)72-51-32-22-47(23-33-51)59(60(62,63)64,61(65,66)67)48-24-34-52(35-25-48)73-50-28-18-44(19-29-50)57(69)42-14-12-40(13-15-42)46-11-8-39(2)54(37-46)58(70)45-20-30-53(31-21-45)74-55-5-3-4-36-71-55/h6-35,37,55H,3-5,36H2,1-2H3. The highest BCUT2D eigenvalue weighted by Gasteiger charge is 2.72. The second kappa shape index (κ2) is 21.0. The molecule has 1 aliphatic rings. The van der Waals surface area contributed by atoms with Gasteiger partial charge in [0.25, 0.3) is 0 Å². The van der Waals surface area contributed by atoms with Gasteiger partial charge >= 0.3 is 12.4 Å². The van der Waals surface area contributed by atoms with E-state index < -0.39 is 28.9 Å². The average molecular weight is 1010 g/mol. The molecule has 0 amide bonds. The normalized spacial score (nSPS) is 14.0. The summed E-state index contributed by atoms with van der Waals surface area (Å²) in [4.78, 5) is 40.0. The van der Waals surface area contributed by atoms with Gasteiger partial charge in [0.2, 0.25) is 5.41 Å². The number of carbonyl (C=O) groups is 3. The average Bonchev–Trinajstić information content (AvgIpc) is 3.40. The fourth-order valence-electron chi connectivity index (χ4n) is 8.84. The Morgan fingerprint density at radius 2 is 0.824 bits per heavy atom. The van der Waals surface area contributed by atoms with Gasteiger partial charge in [-0.2, -0.15) is 26.3 Å². The Bertz CT molecular complexity index is 3260. The molecule has 0 aliphatic carbocycles. The predicted molar refractivity (Wildman–Crippen MR) is 268 cm³/mol. The highest BCUT2D eigenvalue weighted by Crippen LogP contribution is 2.56. The lowest BCUT2D eigenvalue weighted by molar-refractivity contribution is -0.288. The highest BCUT2D eigenvalue weighted by atomic mass is 19.4. The van der Waals surface area contributed by atoms with E-state index in [0.29, 0.717) is 45.7 Å². The number of ether oxygens (including phenoxy) is 4. The molecule has 7 nitrogen and oxygen atoms in total. The van der Waals surface area contributed by atoms with E-state index in [9.17, 15) is 14.4 Å². The lowest BCUT2D eigenvalue weighted by Gasteiger charge is -2.38. The van der Waals surface area contributed by atoms with Crippen LogP contribution in [0, 0.1) is 13.8 Å². The predicted octanol–water partition coefficient (Wildman–Crippen LogP) is 15.6. The van der Waals surface area contributed by atoms with E-state index in [-0.39, 0.29) is 46.6 Å². The number of hydrogen-bond acceptors (Lipinski definition) is 7. The monoisotopic (exact) mass is 1000 g/mol. The Labute approximate surface area is 423 Å². The van der Waals surface area contributed by atoms with Crippen LogP contribution in [-0.2, 0) is 10.2 Å². The van der Waals surface area contributed by atoms with Crippen LogP contribution in [0.5, 0.6) is 28.7 Å². The molecule has 0 aromatic heterocycles. The number of alkyl halides is 6. The molecule has 0 bridgehead atoms. The zero-order chi connectivity index (χ0) is 52.2. The summed E-state index contributed by atoms with van der Waals surface area (Å²) >= 11 is 0. The third kappa shape index (κ3) is 10.7. The number of ketones is 3. The van der Waals surface area contributed by atoms with E-state index in [4.69, 9.17) is 18.9 Å². The van der Waals surface area contributed by atoms with Gasteiger partial charge in [-0.25, -0.2) is 0 Å². The van der Waals surface area contributed by atoms with Crippen LogP contribution in [0.3, 0.4) is 0 Å². The summed E-state index contributed by atoms with van der Waals surface area (Å²) in [6, 6.07) is 45.3. The molecule has 0 N–H and O–H groups in total. The van der Waals surface area contributed by atoms with Crippen molar-refractivity contribution in [1.82, 2.24) is 0 Å². The summed E-state index contributed by atoms with van der Waals surface area (Å²) in [5, 5.41) is 0. The van der Waals surface area contributed by atoms with E-state index in [1.807, 2.05) is 32.0 Å². The zero-order valence-corrected chi connectivity index (χ0v) is 39.9. The number of rotatable bonds is 15. The lowest BCUT2D eigenvalue weighted by Crippen LogP contribution is -2.54. The molecule has 8 aromatic carbocycles. The third-order valence-corrected chi connectivity index (χ3v) is 12.9. The van der Waals surface area contributed by atoms with Gasteiger partial charge in [-0.15, -0.1) is 0 Å². The Morgan fingerprint density at radius 3 is 1.24 bits per heavy atom. The molecule has 1 heterocycles. The first-order valence-electron chi connectivity index (χ1n) is 23.7. The van der Waals surface area contributed by atoms with Crippen molar-refractivity contribution < 1.29 is 59.7 Å². The van der Waals surface area contributed by atoms with E-state index in [1.165, 1.54) is 48.5 Å². The minimum Gasteiger partial charge on any atom is -0.465 e. The van der Waals surface area contributed by atoms with Crippen molar-refractivity contribution in [3.8, 4) is 39.9 Å². The number of halogens is 6. The summed E-state index contributed by atoms with van der Waals surface area (Å²) in [6.07, 6.45) is -9.11. The minimum atomic E-state index is -5.84. The molecule has 0 spiro atoms. The molecule has 1 unspecified atom stereocenters. The number of carbonyl (C=O) groups excluding carboxylic acids is 3. The van der Waals surface area contributed by atoms with Gasteiger partial charge in [-0.3, -0.25) is 14.4 Å². The van der Waals surface area contributed by atoms with Crippen molar-refractivity contribution in [3.05, 3.63) is 244 Å². The number of benzene rings is 8. The molecule has 374 valence electrons. The Kier molecular flexibility index (Phi) is 14.4. The molecule has 0 saturated carbocycles. The van der Waals surface area contributed by atoms with Gasteiger partial charge in [-0.1, -0.05) is 90.5 Å². The van der Waals surface area contributed by atoms with E-state index in [2.05, 4.69) is 0 Å². The Balaban J connectivity index is 0.846. The summed E-state index contributed by atoms with van der Waals surface area (Å²) in [7, 11) is 0. The Hall–Kier alpha value is -8.29. The van der Waals surface area contributed by atoms with Crippen LogP contribution in [0.15, 0.2) is 188 Å². The van der Waals surface area contributed by atoms with Gasteiger partial charge in [0, 0.05) is 39.8 Å². The number of aryl methyl sites for hydroxylation is 2. The fraction of sp³-hybridized carbons (Fsp3) is 0.164. The third-order valence-electron chi connectivity index (χ3n) is 12.9. The summed E-state index contributed by atoms with van der Waals surface area (Å²) < 4.78 is 113. The van der Waals surface area contributed by atoms with Crippen LogP contribution >= 0.6 is 0 Å². The molecule has 13 heteroatoms. The van der Waals surface area contributed by atoms with E-state index in [1.54, 1.807) is 72.8 Å². The number of hydrogen-bond donors (Lipinski definition) is 0. The van der Waals surface area contributed by atoms with Crippen molar-refractivity contribution >= 4 is 17.3 Å². The van der Waals surface area contributed by atoms with Gasteiger partial charge in [0.1, 0.15) is 28.7 Å². The van der Waals surface area contributed by atoms with Gasteiger partial charge in [0.15, 0.2) is 23.6 Å². The molecule has 74 heavy (non-hydrogen) atoms. The van der Waals surface area contributed by atoms with E-state index >= 15 is 26.3 Å². The molecule has 1 saturated heterocycles. The first-order valence-corrected chi connectivity index (χ1v) is 23.7. The van der Waals surface area contributed by atoms with E-state index in [0.717, 1.165) is 90.0 Å². The molecular weight excluding hydrogens is 959 g/mol. The van der Waals surface area contributed by atoms with Crippen molar-refractivity contribution in [2.24, 2.45) is 0 Å². The maximum atomic E-state index is 15.0. The topological polar surface area (TPSA) is 88.1 Å². The summed E-state index contributed by atoms with van der Waals surface area (Å²) in [5.74, 6) is 0.229. The Morgan fingerprint density at radius 1 is 0.446 bits per heavy atom. The largest absolute Gasteiger partial charge is 0.465 e. The molecular formula is C61H46F6O7. The first kappa shape index (κ1) is 50.6. The minimum absolute atomic E-state index is 0.0305.